The molecule has 0 aromatic carbocycles. The molecule has 0 atom stereocenters. The highest BCUT2D eigenvalue weighted by Gasteiger charge is 2.32. The molecule has 0 bridgehead atoms. The third-order valence-corrected chi connectivity index (χ3v) is 10.5. The van der Waals surface area contributed by atoms with Crippen molar-refractivity contribution in [3.63, 3.8) is 0 Å². The lowest BCUT2D eigenvalue weighted by Gasteiger charge is -2.31. The van der Waals surface area contributed by atoms with Crippen LogP contribution >= 0.6 is 22.7 Å². The summed E-state index contributed by atoms with van der Waals surface area (Å²) in [7, 11) is 3.81. The topological polar surface area (TPSA) is 116 Å². The van der Waals surface area contributed by atoms with Gasteiger partial charge in [0.15, 0.2) is 10.9 Å². The molecule has 4 aromatic heterocycles. The summed E-state index contributed by atoms with van der Waals surface area (Å²) in [6, 6.07) is 3.63. The van der Waals surface area contributed by atoms with Crippen LogP contribution in [0.3, 0.4) is 0 Å². The second-order valence-corrected chi connectivity index (χ2v) is 13.1. The maximum absolute atomic E-state index is 13.1. The molecule has 0 saturated heterocycles. The van der Waals surface area contributed by atoms with Crippen molar-refractivity contribution in [1.82, 2.24) is 24.9 Å². The van der Waals surface area contributed by atoms with Gasteiger partial charge < -0.3 is 19.9 Å². The molecule has 41 heavy (non-hydrogen) atoms. The van der Waals surface area contributed by atoms with Crippen LogP contribution in [0.25, 0.3) is 11.1 Å². The highest BCUT2D eigenvalue weighted by molar-refractivity contribution is 7.15. The number of thiophene rings is 1. The van der Waals surface area contributed by atoms with E-state index in [0.717, 1.165) is 72.5 Å². The number of carbonyl (C=O) groups excluding carboxylic acids is 1. The number of hydrogen-bond acceptors (Lipinski definition) is 10. The number of aromatic nitrogens is 3. The number of rotatable bonds is 5. The van der Waals surface area contributed by atoms with Gasteiger partial charge in [-0.1, -0.05) is 0 Å². The average molecular weight is 590 g/mol. The second-order valence-electron chi connectivity index (χ2n) is 10.9. The molecule has 7 rings (SSSR count). The number of aliphatic hydroxyl groups excluding tert-OH is 1. The molecular weight excluding hydrogens is 558 g/mol. The smallest absolute Gasteiger partial charge is 0.280 e. The average Bonchev–Trinajstić information content (AvgIpc) is 3.55. The van der Waals surface area contributed by atoms with E-state index >= 15 is 0 Å². The molecule has 6 heterocycles. The minimum atomic E-state index is -0.280. The van der Waals surface area contributed by atoms with Crippen LogP contribution in [0.2, 0.25) is 0 Å². The first kappa shape index (κ1) is 26.3. The van der Waals surface area contributed by atoms with Gasteiger partial charge in [-0.3, -0.25) is 20.0 Å². The zero-order valence-electron chi connectivity index (χ0n) is 23.0. The van der Waals surface area contributed by atoms with Crippen LogP contribution < -0.4 is 21.3 Å². The second kappa shape index (κ2) is 10.4. The molecule has 1 aliphatic carbocycles. The van der Waals surface area contributed by atoms with Crippen molar-refractivity contribution < 1.29 is 9.90 Å². The summed E-state index contributed by atoms with van der Waals surface area (Å²) >= 11 is 3.19. The Bertz CT molecular complexity index is 1740. The van der Waals surface area contributed by atoms with Crippen LogP contribution in [0.15, 0.2) is 29.3 Å². The van der Waals surface area contributed by atoms with E-state index in [1.807, 2.05) is 6.07 Å². The highest BCUT2D eigenvalue weighted by atomic mass is 32.1. The van der Waals surface area contributed by atoms with Crippen molar-refractivity contribution in [2.75, 3.05) is 23.9 Å². The lowest BCUT2D eigenvalue weighted by molar-refractivity contribution is 0.0942. The quantitative estimate of drug-likeness (QED) is 0.323. The van der Waals surface area contributed by atoms with Crippen LogP contribution in [0.4, 0.5) is 16.6 Å². The Hall–Kier alpha value is -3.58. The number of pyridine rings is 2. The molecule has 12 heteroatoms. The molecule has 0 radical (unpaired) electrons. The van der Waals surface area contributed by atoms with Crippen molar-refractivity contribution in [2.24, 2.45) is 7.05 Å². The molecule has 10 nitrogen and oxygen atoms in total. The van der Waals surface area contributed by atoms with Gasteiger partial charge in [0.1, 0.15) is 5.69 Å². The molecule has 212 valence electrons. The number of fused-ring (bicyclic) bond motifs is 4. The van der Waals surface area contributed by atoms with Gasteiger partial charge in [-0.05, 0) is 56.0 Å². The van der Waals surface area contributed by atoms with E-state index < -0.39 is 0 Å². The predicted octanol–water partition coefficient (Wildman–Crippen LogP) is 3.73. The van der Waals surface area contributed by atoms with Crippen molar-refractivity contribution in [2.45, 2.75) is 51.8 Å². The molecular formula is C29H31N7O3S2. The number of hydrogen-bond donors (Lipinski definition) is 3. The fourth-order valence-corrected chi connectivity index (χ4v) is 8.45. The van der Waals surface area contributed by atoms with Gasteiger partial charge in [0.2, 0.25) is 0 Å². The number of aryl methyl sites for hydroxylation is 2. The van der Waals surface area contributed by atoms with Crippen molar-refractivity contribution in [3.8, 4) is 11.1 Å². The first-order chi connectivity index (χ1) is 19.9. The molecule has 0 saturated carbocycles. The van der Waals surface area contributed by atoms with E-state index in [4.69, 9.17) is 4.98 Å². The summed E-state index contributed by atoms with van der Waals surface area (Å²) in [6.45, 7) is 2.04. The molecule has 0 fully saturated rings. The minimum Gasteiger partial charge on any atom is -0.392 e. The number of thiazole rings is 1. The molecule has 0 spiro atoms. The minimum absolute atomic E-state index is 0.132. The van der Waals surface area contributed by atoms with Gasteiger partial charge in [-0.2, -0.15) is 0 Å². The summed E-state index contributed by atoms with van der Waals surface area (Å²) in [6.07, 6.45) is 8.65. The first-order valence-electron chi connectivity index (χ1n) is 13.9. The normalized spacial score (nSPS) is 16.7. The van der Waals surface area contributed by atoms with Crippen LogP contribution in [-0.2, 0) is 46.0 Å². The number of nitrogens with zero attached hydrogens (tertiary/aromatic N) is 5. The number of carbonyl (C=O) groups is 1. The molecule has 3 aliphatic rings. The van der Waals surface area contributed by atoms with Crippen LogP contribution in [-0.4, -0.2) is 44.0 Å². The summed E-state index contributed by atoms with van der Waals surface area (Å²) in [5, 5.41) is 16.3. The Morgan fingerprint density at radius 3 is 2.78 bits per heavy atom. The monoisotopic (exact) mass is 589 g/mol. The number of aliphatic hydroxyl groups is 1. The molecule has 2 aliphatic heterocycles. The predicted molar refractivity (Wildman–Crippen MR) is 161 cm³/mol. The van der Waals surface area contributed by atoms with E-state index in [0.29, 0.717) is 28.7 Å². The zero-order chi connectivity index (χ0) is 28.2. The summed E-state index contributed by atoms with van der Waals surface area (Å²) in [5.74, 6) is 0.368. The Morgan fingerprint density at radius 2 is 1.93 bits per heavy atom. The van der Waals surface area contributed by atoms with Gasteiger partial charge in [-0.25, -0.2) is 9.97 Å². The third-order valence-electron chi connectivity index (χ3n) is 8.14. The van der Waals surface area contributed by atoms with Crippen LogP contribution in [0, 0.1) is 0 Å². The number of amides is 1. The number of nitrogens with one attached hydrogen (secondary N) is 2. The number of anilines is 3. The molecule has 3 N–H and O–H groups in total. The van der Waals surface area contributed by atoms with Crippen molar-refractivity contribution >= 4 is 45.2 Å². The Balaban J connectivity index is 1.24. The van der Waals surface area contributed by atoms with Gasteiger partial charge in [0, 0.05) is 65.4 Å². The van der Waals surface area contributed by atoms with Gasteiger partial charge in [0.25, 0.3) is 11.5 Å². The Kier molecular flexibility index (Phi) is 6.65. The maximum Gasteiger partial charge on any atom is 0.280 e. The van der Waals surface area contributed by atoms with E-state index in [9.17, 15) is 14.7 Å². The van der Waals surface area contributed by atoms with E-state index in [-0.39, 0.29) is 18.1 Å². The van der Waals surface area contributed by atoms with E-state index in [1.54, 1.807) is 53.2 Å². The zero-order valence-corrected chi connectivity index (χ0v) is 24.6. The van der Waals surface area contributed by atoms with Gasteiger partial charge in [-0.15, -0.1) is 22.7 Å². The largest absolute Gasteiger partial charge is 0.392 e. The number of likely N-dealkylation sites (N-methyl/N-ethyl adjacent to an activating group) is 1. The lowest BCUT2D eigenvalue weighted by atomic mass is 9.94. The van der Waals surface area contributed by atoms with Gasteiger partial charge in [0.05, 0.1) is 23.7 Å². The van der Waals surface area contributed by atoms with Crippen LogP contribution in [0.5, 0.6) is 0 Å². The maximum atomic E-state index is 13.1. The van der Waals surface area contributed by atoms with E-state index in [2.05, 4.69) is 27.7 Å². The fourth-order valence-electron chi connectivity index (χ4n) is 6.06. The Morgan fingerprint density at radius 1 is 1.07 bits per heavy atom. The summed E-state index contributed by atoms with van der Waals surface area (Å²) in [4.78, 5) is 41.2. The summed E-state index contributed by atoms with van der Waals surface area (Å²) in [5.41, 5.74) is 8.78. The fraction of sp³-hybridized carbons (Fsp3) is 0.379. The van der Waals surface area contributed by atoms with Gasteiger partial charge >= 0.3 is 0 Å². The molecule has 4 aromatic rings. The molecule has 0 unspecified atom stereocenters. The first-order valence-corrected chi connectivity index (χ1v) is 15.5. The SMILES string of the molecule is CN1CCc2nc(Nc3cc(-c4ccnc(N5Cc6c(sc7c6CCCC7)C(=O)N5)c4CO)cn(C)c3=O)sc2C1. The van der Waals surface area contributed by atoms with Crippen molar-refractivity contribution in [1.29, 1.82) is 0 Å². The van der Waals surface area contributed by atoms with Crippen molar-refractivity contribution in [3.05, 3.63) is 71.9 Å². The number of hydrazine groups is 1. The lowest BCUT2D eigenvalue weighted by Crippen LogP contribution is -2.46. The Labute approximate surface area is 245 Å². The standard InChI is InChI=1S/C29H31N7O3S2/c1-34-10-8-21-24(14-34)41-29(31-21)32-22-11-16(12-35(2)28(22)39)17-7-9-30-26(20(17)15-37)36-13-19-18-5-3-4-6-23(18)40-25(19)27(38)33-36/h7,9,11-12,37H,3-6,8,10,13-15H2,1-2H3,(H,31,32)(H,33,38). The summed E-state index contributed by atoms with van der Waals surface area (Å²) < 4.78 is 1.53. The molecule has 1 amide bonds. The van der Waals surface area contributed by atoms with E-state index in [1.165, 1.54) is 19.9 Å². The van der Waals surface area contributed by atoms with Crippen LogP contribution in [0.1, 0.15) is 54.7 Å². The highest BCUT2D eigenvalue weighted by Crippen LogP contribution is 2.39. The third kappa shape index (κ3) is 4.64.